The number of rotatable bonds is 9. The Kier molecular flexibility index (Phi) is 9.60. The molecule has 0 spiro atoms. The van der Waals surface area contributed by atoms with E-state index in [4.69, 9.17) is 17.2 Å². The molecule has 35 heavy (non-hydrogen) atoms. The van der Waals surface area contributed by atoms with Crippen molar-refractivity contribution in [1.82, 2.24) is 0 Å². The van der Waals surface area contributed by atoms with Crippen molar-refractivity contribution < 1.29 is 4.79 Å². The summed E-state index contributed by atoms with van der Waals surface area (Å²) in [4.78, 5) is 11.7. The second-order valence-electron chi connectivity index (χ2n) is 9.80. The molecular weight excluding hydrogens is 430 g/mol. The van der Waals surface area contributed by atoms with Crippen LogP contribution in [-0.4, -0.2) is 24.6 Å². The minimum absolute atomic E-state index is 0.267. The zero-order valence-electron chi connectivity index (χ0n) is 22.5. The number of fused-ring (bicyclic) bond motifs is 1. The first kappa shape index (κ1) is 28.5. The van der Waals surface area contributed by atoms with E-state index in [2.05, 4.69) is 39.1 Å². The number of benzene rings is 1. The smallest absolute Gasteiger partial charge is 0.125 e. The van der Waals surface area contributed by atoms with Gasteiger partial charge in [-0.1, -0.05) is 43.9 Å². The summed E-state index contributed by atoms with van der Waals surface area (Å²) in [5.41, 5.74) is 30.7. The van der Waals surface area contributed by atoms with Gasteiger partial charge in [0.15, 0.2) is 0 Å². The molecule has 2 rings (SSSR count). The number of hydrogen-bond donors (Lipinski definition) is 3. The molecule has 0 saturated heterocycles. The maximum absolute atomic E-state index is 11.7. The molecular formula is C31H43N3O. The standard InChI is InChI=1S/C31H43N3O/c1-9-31(34,23(7)18-35)29(27(16-32)19(2)3)15-22(6)24(8)28(17-33)26-12-10-11-25-20(4)13-14-21(5)30(25)26/h13-15H,2,8-12,16-17,32-34H2,1,3-7H3/b22-15+,28-26-,29-27+/t31-/m1/s1. The van der Waals surface area contributed by atoms with E-state index in [0.717, 1.165) is 52.7 Å². The van der Waals surface area contributed by atoms with E-state index in [1.54, 1.807) is 6.92 Å². The lowest BCUT2D eigenvalue weighted by Crippen LogP contribution is -2.43. The van der Waals surface area contributed by atoms with E-state index >= 15 is 0 Å². The van der Waals surface area contributed by atoms with Gasteiger partial charge < -0.3 is 17.2 Å². The summed E-state index contributed by atoms with van der Waals surface area (Å²) in [5, 5.41) is 0. The van der Waals surface area contributed by atoms with Crippen molar-refractivity contribution in [3.8, 4) is 0 Å². The minimum atomic E-state index is -1.00. The quantitative estimate of drug-likeness (QED) is 0.323. The van der Waals surface area contributed by atoms with E-state index in [9.17, 15) is 4.79 Å². The van der Waals surface area contributed by atoms with Crippen molar-refractivity contribution in [2.24, 2.45) is 17.2 Å². The fraction of sp³-hybridized carbons (Fsp3) is 0.419. The third-order valence-electron chi connectivity index (χ3n) is 7.59. The largest absolute Gasteiger partial charge is 0.326 e. The third-order valence-corrected chi connectivity index (χ3v) is 7.59. The van der Waals surface area contributed by atoms with Gasteiger partial charge in [-0.05, 0) is 116 Å². The van der Waals surface area contributed by atoms with E-state index in [1.165, 1.54) is 27.8 Å². The summed E-state index contributed by atoms with van der Waals surface area (Å²) >= 11 is 0. The third kappa shape index (κ3) is 5.58. The predicted molar refractivity (Wildman–Crippen MR) is 151 cm³/mol. The molecule has 0 heterocycles. The molecule has 4 heteroatoms. The van der Waals surface area contributed by atoms with E-state index < -0.39 is 5.54 Å². The molecule has 1 aromatic carbocycles. The Bertz CT molecular complexity index is 1170. The molecule has 0 aliphatic heterocycles. The average Bonchev–Trinajstić information content (AvgIpc) is 2.85. The van der Waals surface area contributed by atoms with Crippen LogP contribution in [0.2, 0.25) is 0 Å². The maximum Gasteiger partial charge on any atom is 0.125 e. The van der Waals surface area contributed by atoms with E-state index in [1.807, 2.05) is 32.8 Å². The first-order valence-electron chi connectivity index (χ1n) is 12.5. The molecule has 1 atom stereocenters. The maximum atomic E-state index is 11.7. The van der Waals surface area contributed by atoms with Gasteiger partial charge in [-0.25, -0.2) is 4.79 Å². The molecule has 0 bridgehead atoms. The van der Waals surface area contributed by atoms with Gasteiger partial charge in [0.2, 0.25) is 0 Å². The average molecular weight is 474 g/mol. The summed E-state index contributed by atoms with van der Waals surface area (Å²) in [7, 11) is 0. The minimum Gasteiger partial charge on any atom is -0.326 e. The van der Waals surface area contributed by atoms with Crippen LogP contribution in [0, 0.1) is 13.8 Å². The van der Waals surface area contributed by atoms with Gasteiger partial charge in [-0.2, -0.15) is 0 Å². The molecule has 6 N–H and O–H groups in total. The lowest BCUT2D eigenvalue weighted by molar-refractivity contribution is 0.540. The molecule has 0 fully saturated rings. The van der Waals surface area contributed by atoms with Gasteiger partial charge in [-0.3, -0.25) is 0 Å². The highest BCUT2D eigenvalue weighted by molar-refractivity contribution is 5.80. The van der Waals surface area contributed by atoms with Crippen molar-refractivity contribution in [2.45, 2.75) is 72.8 Å². The molecule has 0 amide bonds. The molecule has 1 aliphatic carbocycles. The number of carbonyl (C=O) groups excluding carboxylic acids is 1. The number of nitrogens with two attached hydrogens (primary N) is 3. The second kappa shape index (κ2) is 11.8. The molecule has 4 nitrogen and oxygen atoms in total. The second-order valence-corrected chi connectivity index (χ2v) is 9.80. The summed E-state index contributed by atoms with van der Waals surface area (Å²) in [5.74, 6) is 2.02. The van der Waals surface area contributed by atoms with Crippen LogP contribution in [-0.2, 0) is 11.2 Å². The van der Waals surface area contributed by atoms with Crippen molar-refractivity contribution in [2.75, 3.05) is 13.1 Å². The number of hydrogen-bond acceptors (Lipinski definition) is 4. The molecule has 1 aliphatic rings. The molecule has 1 aromatic rings. The summed E-state index contributed by atoms with van der Waals surface area (Å²) in [6, 6.07) is 4.40. The van der Waals surface area contributed by atoms with Gasteiger partial charge >= 0.3 is 0 Å². The van der Waals surface area contributed by atoms with Crippen molar-refractivity contribution in [3.05, 3.63) is 92.6 Å². The number of aryl methyl sites for hydroxylation is 2. The zero-order valence-corrected chi connectivity index (χ0v) is 22.5. The highest BCUT2D eigenvalue weighted by Gasteiger charge is 2.32. The summed E-state index contributed by atoms with van der Waals surface area (Å²) in [6.45, 7) is 21.2. The molecule has 0 aromatic heterocycles. The predicted octanol–water partition coefficient (Wildman–Crippen LogP) is 5.57. The lowest BCUT2D eigenvalue weighted by atomic mass is 9.76. The van der Waals surface area contributed by atoms with Gasteiger partial charge in [0.25, 0.3) is 0 Å². The van der Waals surface area contributed by atoms with Gasteiger partial charge in [0, 0.05) is 18.7 Å². The summed E-state index contributed by atoms with van der Waals surface area (Å²) < 4.78 is 0. The summed E-state index contributed by atoms with van der Waals surface area (Å²) in [6.07, 6.45) is 5.69. The first-order valence-corrected chi connectivity index (χ1v) is 12.5. The van der Waals surface area contributed by atoms with Crippen molar-refractivity contribution in [3.63, 3.8) is 0 Å². The normalized spacial score (nSPS) is 17.6. The Balaban J connectivity index is 2.78. The zero-order chi connectivity index (χ0) is 26.5. The number of allylic oxidation sites excluding steroid dienone is 2. The Hall–Kier alpha value is -2.75. The van der Waals surface area contributed by atoms with Crippen molar-refractivity contribution >= 4 is 11.5 Å². The SMILES string of the molecule is C=C(C)/C(CN)=C(\C=C(/C)C(=C)/C(CN)=C1/CCCc2c(C)ccc(C)c21)[C@@](N)(CC)C(C)=C=O. The molecule has 0 radical (unpaired) electrons. The van der Waals surface area contributed by atoms with Crippen LogP contribution < -0.4 is 17.2 Å². The molecule has 0 saturated carbocycles. The van der Waals surface area contributed by atoms with Crippen LogP contribution in [0.15, 0.2) is 70.4 Å². The van der Waals surface area contributed by atoms with Gasteiger partial charge in [0.1, 0.15) is 5.94 Å². The Morgan fingerprint density at radius 1 is 1.09 bits per heavy atom. The Morgan fingerprint density at radius 3 is 2.23 bits per heavy atom. The van der Waals surface area contributed by atoms with E-state index in [-0.39, 0.29) is 6.54 Å². The van der Waals surface area contributed by atoms with Crippen LogP contribution in [0.1, 0.15) is 69.2 Å². The van der Waals surface area contributed by atoms with Gasteiger partial charge in [0.05, 0.1) is 5.54 Å². The van der Waals surface area contributed by atoms with Crippen LogP contribution in [0.3, 0.4) is 0 Å². The fourth-order valence-corrected chi connectivity index (χ4v) is 5.20. The van der Waals surface area contributed by atoms with Crippen LogP contribution in [0.25, 0.3) is 5.57 Å². The Labute approximate surface area is 212 Å². The lowest BCUT2D eigenvalue weighted by Gasteiger charge is -2.32. The molecule has 188 valence electrons. The van der Waals surface area contributed by atoms with Crippen molar-refractivity contribution in [1.29, 1.82) is 0 Å². The fourth-order valence-electron chi connectivity index (χ4n) is 5.20. The monoisotopic (exact) mass is 473 g/mol. The molecule has 0 unspecified atom stereocenters. The first-order chi connectivity index (χ1) is 16.5. The van der Waals surface area contributed by atoms with E-state index in [0.29, 0.717) is 18.5 Å². The highest BCUT2D eigenvalue weighted by atomic mass is 16.1. The van der Waals surface area contributed by atoms with Crippen LogP contribution in [0.4, 0.5) is 0 Å². The van der Waals surface area contributed by atoms with Crippen LogP contribution in [0.5, 0.6) is 0 Å². The van der Waals surface area contributed by atoms with Gasteiger partial charge in [-0.15, -0.1) is 0 Å². The van der Waals surface area contributed by atoms with Crippen LogP contribution >= 0.6 is 0 Å². The highest BCUT2D eigenvalue weighted by Crippen LogP contribution is 2.40. The Morgan fingerprint density at radius 2 is 1.71 bits per heavy atom. The topological polar surface area (TPSA) is 95.1 Å².